The molecule has 3 aromatic rings. The second-order valence-electron chi connectivity index (χ2n) is 8.03. The van der Waals surface area contributed by atoms with Gasteiger partial charge in [0.05, 0.1) is 11.4 Å². The lowest BCUT2D eigenvalue weighted by Gasteiger charge is -2.20. The molecule has 0 aliphatic heterocycles. The minimum absolute atomic E-state index is 0.0414. The number of aromatic hydroxyl groups is 1. The second kappa shape index (κ2) is 13.0. The molecule has 0 atom stereocenters. The van der Waals surface area contributed by atoms with Crippen LogP contribution in [0.2, 0.25) is 0 Å². The number of phenolic OH excluding ortho intramolecular Hbond substituents is 1. The number of rotatable bonds is 11. The largest absolute Gasteiger partial charge is 0.507 e. The van der Waals surface area contributed by atoms with Gasteiger partial charge in [-0.05, 0) is 80.9 Å². The maximum absolute atomic E-state index is 12.5. The van der Waals surface area contributed by atoms with Gasteiger partial charge in [-0.1, -0.05) is 13.3 Å². The van der Waals surface area contributed by atoms with Crippen molar-refractivity contribution in [1.29, 1.82) is 0 Å². The topological polar surface area (TPSA) is 101 Å². The zero-order valence-corrected chi connectivity index (χ0v) is 20.8. The van der Waals surface area contributed by atoms with E-state index in [9.17, 15) is 14.7 Å². The number of azo groups is 1. The number of ether oxygens (including phenoxy) is 2. The summed E-state index contributed by atoms with van der Waals surface area (Å²) in [5.74, 6) is -1.00. The quantitative estimate of drug-likeness (QED) is 0.177. The van der Waals surface area contributed by atoms with Gasteiger partial charge in [0, 0.05) is 31.3 Å². The highest BCUT2D eigenvalue weighted by Gasteiger charge is 2.16. The number of benzene rings is 3. The molecule has 0 aromatic heterocycles. The van der Waals surface area contributed by atoms with Crippen LogP contribution < -0.4 is 14.4 Å². The molecule has 0 amide bonds. The van der Waals surface area contributed by atoms with Gasteiger partial charge in [0.2, 0.25) is 0 Å². The van der Waals surface area contributed by atoms with Crippen molar-refractivity contribution in [2.45, 2.75) is 40.0 Å². The molecule has 0 saturated heterocycles. The van der Waals surface area contributed by atoms with Crippen LogP contribution in [0.1, 0.15) is 50.4 Å². The second-order valence-corrected chi connectivity index (χ2v) is 8.03. The van der Waals surface area contributed by atoms with Gasteiger partial charge in [0.1, 0.15) is 22.8 Å². The molecule has 1 N–H and O–H groups in total. The van der Waals surface area contributed by atoms with Crippen LogP contribution in [0.15, 0.2) is 77.0 Å². The SMILES string of the molecule is CCCCC(=O)Oc1ccc(C(=O)Oc2ccc(/N=N/c3ccc(N(CC)CC)cc3)cc2)c(O)c1. The van der Waals surface area contributed by atoms with Gasteiger partial charge in [-0.15, -0.1) is 0 Å². The summed E-state index contributed by atoms with van der Waals surface area (Å²) in [4.78, 5) is 26.5. The lowest BCUT2D eigenvalue weighted by atomic mass is 10.2. The zero-order valence-electron chi connectivity index (χ0n) is 20.8. The molecule has 3 rings (SSSR count). The third kappa shape index (κ3) is 7.40. The van der Waals surface area contributed by atoms with Crippen LogP contribution >= 0.6 is 0 Å². The summed E-state index contributed by atoms with van der Waals surface area (Å²) in [6.45, 7) is 8.09. The van der Waals surface area contributed by atoms with E-state index in [0.717, 1.165) is 37.3 Å². The lowest BCUT2D eigenvalue weighted by Crippen LogP contribution is -2.21. The number of hydrogen-bond donors (Lipinski definition) is 1. The number of nitrogens with zero attached hydrogens (tertiary/aromatic N) is 3. The van der Waals surface area contributed by atoms with Crippen molar-refractivity contribution < 1.29 is 24.2 Å². The van der Waals surface area contributed by atoms with E-state index in [0.29, 0.717) is 12.1 Å². The van der Waals surface area contributed by atoms with Crippen molar-refractivity contribution in [3.63, 3.8) is 0 Å². The van der Waals surface area contributed by atoms with Crippen molar-refractivity contribution >= 4 is 29.0 Å². The minimum atomic E-state index is -0.737. The molecule has 8 heteroatoms. The van der Waals surface area contributed by atoms with Gasteiger partial charge >= 0.3 is 11.9 Å². The molecule has 0 unspecified atom stereocenters. The molecule has 0 spiro atoms. The monoisotopic (exact) mass is 489 g/mol. The first-order chi connectivity index (χ1) is 17.4. The Kier molecular flexibility index (Phi) is 9.56. The molecule has 0 aliphatic rings. The smallest absolute Gasteiger partial charge is 0.347 e. The Bertz CT molecular complexity index is 1190. The van der Waals surface area contributed by atoms with Crippen LogP contribution in [-0.2, 0) is 4.79 Å². The summed E-state index contributed by atoms with van der Waals surface area (Å²) in [6, 6.07) is 18.4. The average Bonchev–Trinajstić information content (AvgIpc) is 2.88. The highest BCUT2D eigenvalue weighted by molar-refractivity contribution is 5.94. The summed E-state index contributed by atoms with van der Waals surface area (Å²) in [6.07, 6.45) is 1.89. The van der Waals surface area contributed by atoms with Crippen molar-refractivity contribution in [3.8, 4) is 17.2 Å². The molecule has 0 saturated carbocycles. The first kappa shape index (κ1) is 26.4. The van der Waals surface area contributed by atoms with E-state index in [1.807, 2.05) is 31.2 Å². The van der Waals surface area contributed by atoms with Crippen molar-refractivity contribution in [2.75, 3.05) is 18.0 Å². The molecule has 0 heterocycles. The lowest BCUT2D eigenvalue weighted by molar-refractivity contribution is -0.134. The van der Waals surface area contributed by atoms with Gasteiger partial charge < -0.3 is 19.5 Å². The number of anilines is 1. The first-order valence-electron chi connectivity index (χ1n) is 12.1. The fraction of sp³-hybridized carbons (Fsp3) is 0.286. The van der Waals surface area contributed by atoms with Crippen molar-refractivity contribution in [1.82, 2.24) is 0 Å². The predicted molar refractivity (Wildman–Crippen MR) is 139 cm³/mol. The average molecular weight is 490 g/mol. The Hall–Kier alpha value is -4.20. The summed E-state index contributed by atoms with van der Waals surface area (Å²) >= 11 is 0. The van der Waals surface area contributed by atoms with E-state index in [4.69, 9.17) is 9.47 Å². The maximum atomic E-state index is 12.5. The molecule has 0 fully saturated rings. The van der Waals surface area contributed by atoms with Crippen LogP contribution in [0.3, 0.4) is 0 Å². The van der Waals surface area contributed by atoms with Crippen LogP contribution in [0.4, 0.5) is 17.1 Å². The van der Waals surface area contributed by atoms with Crippen LogP contribution in [0.25, 0.3) is 0 Å². The number of unbranched alkanes of at least 4 members (excludes halogenated alkanes) is 1. The molecule has 3 aromatic carbocycles. The fourth-order valence-electron chi connectivity index (χ4n) is 3.43. The third-order valence-electron chi connectivity index (χ3n) is 5.46. The van der Waals surface area contributed by atoms with E-state index in [1.54, 1.807) is 24.3 Å². The van der Waals surface area contributed by atoms with E-state index in [-0.39, 0.29) is 28.8 Å². The molecule has 0 radical (unpaired) electrons. The Balaban J connectivity index is 1.58. The number of phenols is 1. The number of carbonyl (C=O) groups is 2. The molecular weight excluding hydrogens is 458 g/mol. The maximum Gasteiger partial charge on any atom is 0.347 e. The number of hydrogen-bond acceptors (Lipinski definition) is 8. The third-order valence-corrected chi connectivity index (χ3v) is 5.46. The highest BCUT2D eigenvalue weighted by Crippen LogP contribution is 2.27. The van der Waals surface area contributed by atoms with Gasteiger partial charge in [-0.2, -0.15) is 10.2 Å². The van der Waals surface area contributed by atoms with Crippen LogP contribution in [0.5, 0.6) is 17.2 Å². The Morgan fingerprint density at radius 1 is 0.806 bits per heavy atom. The summed E-state index contributed by atoms with van der Waals surface area (Å²) in [5, 5.41) is 18.7. The van der Waals surface area contributed by atoms with Gasteiger partial charge in [-0.3, -0.25) is 4.79 Å². The summed E-state index contributed by atoms with van der Waals surface area (Å²) in [5.41, 5.74) is 2.43. The standard InChI is InChI=1S/C28H31N3O5/c1-4-7-8-27(33)35-24-17-18-25(26(32)19-24)28(34)36-23-15-11-21(12-16-23)30-29-20-9-13-22(14-10-20)31(5-2)6-3/h9-19,32H,4-8H2,1-3H3/b30-29+. The van der Waals surface area contributed by atoms with Crippen molar-refractivity contribution in [2.24, 2.45) is 10.2 Å². The van der Waals surface area contributed by atoms with E-state index >= 15 is 0 Å². The van der Waals surface area contributed by atoms with E-state index < -0.39 is 5.97 Å². The summed E-state index contributed by atoms with van der Waals surface area (Å²) < 4.78 is 10.5. The molecular formula is C28H31N3O5. The molecule has 0 aliphatic carbocycles. The van der Waals surface area contributed by atoms with Gasteiger partial charge in [0.25, 0.3) is 0 Å². The predicted octanol–water partition coefficient (Wildman–Crippen LogP) is 6.97. The number of carbonyl (C=O) groups excluding carboxylic acids is 2. The Morgan fingerprint density at radius 3 is 1.94 bits per heavy atom. The Labute approximate surface area is 211 Å². The molecule has 8 nitrogen and oxygen atoms in total. The first-order valence-corrected chi connectivity index (χ1v) is 12.1. The molecule has 0 bridgehead atoms. The van der Waals surface area contributed by atoms with Crippen LogP contribution in [-0.4, -0.2) is 30.1 Å². The van der Waals surface area contributed by atoms with E-state index in [1.165, 1.54) is 18.2 Å². The molecule has 188 valence electrons. The Morgan fingerprint density at radius 2 is 1.39 bits per heavy atom. The normalized spacial score (nSPS) is 10.9. The van der Waals surface area contributed by atoms with Crippen LogP contribution in [0, 0.1) is 0 Å². The highest BCUT2D eigenvalue weighted by atomic mass is 16.5. The summed E-state index contributed by atoms with van der Waals surface area (Å²) in [7, 11) is 0. The van der Waals surface area contributed by atoms with Crippen molar-refractivity contribution in [3.05, 3.63) is 72.3 Å². The van der Waals surface area contributed by atoms with Gasteiger partial charge in [0.15, 0.2) is 0 Å². The van der Waals surface area contributed by atoms with Gasteiger partial charge in [-0.25, -0.2) is 4.79 Å². The zero-order chi connectivity index (χ0) is 25.9. The molecule has 36 heavy (non-hydrogen) atoms. The minimum Gasteiger partial charge on any atom is -0.507 e. The number of esters is 2. The van der Waals surface area contributed by atoms with E-state index in [2.05, 4.69) is 29.0 Å². The fourth-order valence-corrected chi connectivity index (χ4v) is 3.43.